The summed E-state index contributed by atoms with van der Waals surface area (Å²) in [7, 11) is -1.73. The smallest absolute Gasteiger partial charge is 0.243 e. The van der Waals surface area contributed by atoms with E-state index in [9.17, 15) is 8.42 Å². The molecule has 1 aromatic rings. The van der Waals surface area contributed by atoms with Crippen molar-refractivity contribution in [1.82, 2.24) is 4.31 Å². The van der Waals surface area contributed by atoms with E-state index in [1.807, 2.05) is 19.1 Å². The van der Waals surface area contributed by atoms with Gasteiger partial charge in [0.15, 0.2) is 0 Å². The topological polar surface area (TPSA) is 63.4 Å². The molecule has 1 fully saturated rings. The van der Waals surface area contributed by atoms with Gasteiger partial charge in [-0.3, -0.25) is 0 Å². The van der Waals surface area contributed by atoms with Crippen LogP contribution in [0.1, 0.15) is 31.2 Å². The second kappa shape index (κ2) is 6.24. The molecule has 0 spiro atoms. The van der Waals surface area contributed by atoms with E-state index < -0.39 is 10.0 Å². The van der Waals surface area contributed by atoms with E-state index in [2.05, 4.69) is 0 Å². The standard InChI is InChI=1S/C15H24N2O2S/c1-12-7-9-14(10-8-12)20(18,19)17(2)15-6-4-3-5-13(15)11-16/h7-10,13,15H,3-6,11,16H2,1-2H3. The largest absolute Gasteiger partial charge is 0.330 e. The van der Waals surface area contributed by atoms with E-state index in [0.29, 0.717) is 11.4 Å². The van der Waals surface area contributed by atoms with Crippen LogP contribution >= 0.6 is 0 Å². The SMILES string of the molecule is Cc1ccc(S(=O)(=O)N(C)C2CCCCC2CN)cc1. The Balaban J connectivity index is 2.26. The summed E-state index contributed by atoms with van der Waals surface area (Å²) in [5.41, 5.74) is 6.87. The first-order valence-electron chi connectivity index (χ1n) is 7.21. The van der Waals surface area contributed by atoms with E-state index in [1.165, 1.54) is 4.31 Å². The molecule has 5 heteroatoms. The first-order chi connectivity index (χ1) is 9.46. The summed E-state index contributed by atoms with van der Waals surface area (Å²) in [6.07, 6.45) is 4.16. The molecule has 4 nitrogen and oxygen atoms in total. The third-order valence-electron chi connectivity index (χ3n) is 4.34. The van der Waals surface area contributed by atoms with Crippen molar-refractivity contribution in [2.45, 2.75) is 43.5 Å². The molecule has 1 aliphatic rings. The fraction of sp³-hybridized carbons (Fsp3) is 0.600. The van der Waals surface area contributed by atoms with Crippen molar-refractivity contribution in [1.29, 1.82) is 0 Å². The van der Waals surface area contributed by atoms with Gasteiger partial charge in [-0.2, -0.15) is 4.31 Å². The van der Waals surface area contributed by atoms with Crippen LogP contribution in [0.15, 0.2) is 29.2 Å². The third kappa shape index (κ3) is 3.05. The predicted molar refractivity (Wildman–Crippen MR) is 80.9 cm³/mol. The molecule has 0 radical (unpaired) electrons. The Morgan fingerprint density at radius 3 is 2.40 bits per heavy atom. The Morgan fingerprint density at radius 1 is 1.20 bits per heavy atom. The predicted octanol–water partition coefficient (Wildman–Crippen LogP) is 2.13. The van der Waals surface area contributed by atoms with Gasteiger partial charge in [0, 0.05) is 13.1 Å². The zero-order valence-electron chi connectivity index (χ0n) is 12.2. The van der Waals surface area contributed by atoms with Crippen LogP contribution in [0.2, 0.25) is 0 Å². The van der Waals surface area contributed by atoms with Gasteiger partial charge in [-0.05, 0) is 44.4 Å². The molecule has 1 aromatic carbocycles. The van der Waals surface area contributed by atoms with Crippen molar-refractivity contribution in [3.63, 3.8) is 0 Å². The summed E-state index contributed by atoms with van der Waals surface area (Å²) in [6, 6.07) is 7.06. The summed E-state index contributed by atoms with van der Waals surface area (Å²) >= 11 is 0. The minimum absolute atomic E-state index is 0.0278. The number of benzene rings is 1. The van der Waals surface area contributed by atoms with Crippen LogP contribution in [0.3, 0.4) is 0 Å². The highest BCUT2D eigenvalue weighted by molar-refractivity contribution is 7.89. The molecular formula is C15H24N2O2S. The van der Waals surface area contributed by atoms with E-state index >= 15 is 0 Å². The van der Waals surface area contributed by atoms with Crippen molar-refractivity contribution in [2.24, 2.45) is 11.7 Å². The minimum atomic E-state index is -3.42. The van der Waals surface area contributed by atoms with Gasteiger partial charge in [0.25, 0.3) is 0 Å². The molecule has 2 N–H and O–H groups in total. The molecule has 112 valence electrons. The van der Waals surface area contributed by atoms with E-state index in [0.717, 1.165) is 31.2 Å². The Morgan fingerprint density at radius 2 is 1.80 bits per heavy atom. The van der Waals surface area contributed by atoms with Crippen LogP contribution in [0.4, 0.5) is 0 Å². The fourth-order valence-corrected chi connectivity index (χ4v) is 4.44. The molecule has 0 bridgehead atoms. The van der Waals surface area contributed by atoms with Crippen molar-refractivity contribution in [3.05, 3.63) is 29.8 Å². The van der Waals surface area contributed by atoms with Gasteiger partial charge in [-0.15, -0.1) is 0 Å². The molecule has 0 saturated heterocycles. The normalized spacial score (nSPS) is 24.0. The third-order valence-corrected chi connectivity index (χ3v) is 6.23. The van der Waals surface area contributed by atoms with Crippen LogP contribution in [0.5, 0.6) is 0 Å². The van der Waals surface area contributed by atoms with Gasteiger partial charge in [0.1, 0.15) is 0 Å². The highest BCUT2D eigenvalue weighted by Gasteiger charge is 2.34. The van der Waals surface area contributed by atoms with E-state index in [1.54, 1.807) is 19.2 Å². The summed E-state index contributed by atoms with van der Waals surface area (Å²) in [6.45, 7) is 2.50. The summed E-state index contributed by atoms with van der Waals surface area (Å²) in [5, 5.41) is 0. The Hall–Kier alpha value is -0.910. The van der Waals surface area contributed by atoms with Crippen LogP contribution in [0, 0.1) is 12.8 Å². The maximum atomic E-state index is 12.7. The molecular weight excluding hydrogens is 272 g/mol. The zero-order valence-corrected chi connectivity index (χ0v) is 13.1. The molecule has 0 heterocycles. The lowest BCUT2D eigenvalue weighted by Crippen LogP contribution is -2.45. The quantitative estimate of drug-likeness (QED) is 0.926. The maximum absolute atomic E-state index is 12.7. The Kier molecular flexibility index (Phi) is 4.83. The van der Waals surface area contributed by atoms with E-state index in [4.69, 9.17) is 5.73 Å². The first kappa shape index (κ1) is 15.5. The molecule has 2 rings (SSSR count). The van der Waals surface area contributed by atoms with Gasteiger partial charge >= 0.3 is 0 Å². The molecule has 0 amide bonds. The van der Waals surface area contributed by atoms with Gasteiger partial charge in [-0.1, -0.05) is 30.5 Å². The Bertz CT molecular complexity index is 539. The highest BCUT2D eigenvalue weighted by Crippen LogP contribution is 2.30. The highest BCUT2D eigenvalue weighted by atomic mass is 32.2. The minimum Gasteiger partial charge on any atom is -0.330 e. The lowest BCUT2D eigenvalue weighted by atomic mass is 9.85. The number of hydrogen-bond donors (Lipinski definition) is 1. The van der Waals surface area contributed by atoms with Crippen LogP contribution in [-0.2, 0) is 10.0 Å². The molecule has 0 aromatic heterocycles. The van der Waals surface area contributed by atoms with E-state index in [-0.39, 0.29) is 12.0 Å². The number of nitrogens with zero attached hydrogens (tertiary/aromatic N) is 1. The van der Waals surface area contributed by atoms with Crippen LogP contribution < -0.4 is 5.73 Å². The second-order valence-corrected chi connectivity index (χ2v) is 7.68. The number of sulfonamides is 1. The van der Waals surface area contributed by atoms with Crippen molar-refractivity contribution in [2.75, 3.05) is 13.6 Å². The number of hydrogen-bond acceptors (Lipinski definition) is 3. The first-order valence-corrected chi connectivity index (χ1v) is 8.65. The monoisotopic (exact) mass is 296 g/mol. The second-order valence-electron chi connectivity index (χ2n) is 5.68. The van der Waals surface area contributed by atoms with Crippen molar-refractivity contribution in [3.8, 4) is 0 Å². The van der Waals surface area contributed by atoms with Crippen LogP contribution in [0.25, 0.3) is 0 Å². The van der Waals surface area contributed by atoms with Crippen LogP contribution in [-0.4, -0.2) is 32.4 Å². The number of rotatable bonds is 4. The van der Waals surface area contributed by atoms with Crippen molar-refractivity contribution < 1.29 is 8.42 Å². The summed E-state index contributed by atoms with van der Waals surface area (Å²) < 4.78 is 26.9. The molecule has 0 aliphatic heterocycles. The average Bonchev–Trinajstić information content (AvgIpc) is 2.46. The molecule has 2 unspecified atom stereocenters. The van der Waals surface area contributed by atoms with Gasteiger partial charge in [0.2, 0.25) is 10.0 Å². The summed E-state index contributed by atoms with van der Waals surface area (Å²) in [5.74, 6) is 0.272. The van der Waals surface area contributed by atoms with Gasteiger partial charge in [0.05, 0.1) is 4.90 Å². The molecule has 1 aliphatic carbocycles. The molecule has 1 saturated carbocycles. The maximum Gasteiger partial charge on any atom is 0.243 e. The molecule has 2 atom stereocenters. The fourth-order valence-electron chi connectivity index (χ4n) is 3.00. The number of aryl methyl sites for hydroxylation is 1. The average molecular weight is 296 g/mol. The summed E-state index contributed by atoms with van der Waals surface area (Å²) in [4.78, 5) is 0.368. The lowest BCUT2D eigenvalue weighted by molar-refractivity contribution is 0.204. The lowest BCUT2D eigenvalue weighted by Gasteiger charge is -2.36. The number of nitrogens with two attached hydrogens (primary N) is 1. The zero-order chi connectivity index (χ0) is 14.8. The van der Waals surface area contributed by atoms with Gasteiger partial charge in [-0.25, -0.2) is 8.42 Å². The molecule has 20 heavy (non-hydrogen) atoms. The van der Waals surface area contributed by atoms with Crippen molar-refractivity contribution >= 4 is 10.0 Å². The Labute approximate surface area is 122 Å². The van der Waals surface area contributed by atoms with Gasteiger partial charge < -0.3 is 5.73 Å².